The first kappa shape index (κ1) is 18.2. The molecule has 0 radical (unpaired) electrons. The van der Waals surface area contributed by atoms with Crippen LogP contribution in [0.3, 0.4) is 0 Å². The molecule has 1 saturated heterocycles. The second-order valence-electron chi connectivity index (χ2n) is 9.59. The van der Waals surface area contributed by atoms with E-state index in [-0.39, 0.29) is 10.8 Å². The highest BCUT2D eigenvalue weighted by Gasteiger charge is 2.26. The summed E-state index contributed by atoms with van der Waals surface area (Å²) in [7, 11) is 0. The van der Waals surface area contributed by atoms with Gasteiger partial charge in [0.25, 0.3) is 0 Å². The van der Waals surface area contributed by atoms with Crippen molar-refractivity contribution in [3.63, 3.8) is 0 Å². The van der Waals surface area contributed by atoms with E-state index < -0.39 is 0 Å². The highest BCUT2D eigenvalue weighted by Crippen LogP contribution is 2.36. The van der Waals surface area contributed by atoms with Gasteiger partial charge >= 0.3 is 0 Å². The SMILES string of the molecule is CC(C)(C)c1ccc([C@@H]2CC[C@@H](c3ccc(C(C)(C)C)cc3)N2)cc1. The first-order chi connectivity index (χ1) is 11.6. The standard InChI is InChI=1S/C24H33N/c1-23(2,3)19-11-7-17(8-12-19)21-15-16-22(25-21)18-9-13-20(14-10-18)24(4,5)6/h7-14,21-22,25H,15-16H2,1-6H3/t21-,22-/m0/s1. The normalized spacial score (nSPS) is 21.5. The van der Waals surface area contributed by atoms with E-state index in [0.29, 0.717) is 12.1 Å². The maximum Gasteiger partial charge on any atom is 0.0326 e. The number of benzene rings is 2. The molecule has 3 rings (SSSR count). The largest absolute Gasteiger partial charge is 0.303 e. The van der Waals surface area contributed by atoms with Crippen LogP contribution in [0.15, 0.2) is 48.5 Å². The van der Waals surface area contributed by atoms with Crippen LogP contribution in [0.25, 0.3) is 0 Å². The summed E-state index contributed by atoms with van der Waals surface area (Å²) in [5.74, 6) is 0. The van der Waals surface area contributed by atoms with Crippen LogP contribution in [0.4, 0.5) is 0 Å². The molecule has 1 heteroatoms. The van der Waals surface area contributed by atoms with Crippen LogP contribution in [-0.4, -0.2) is 0 Å². The minimum absolute atomic E-state index is 0.221. The Bertz CT molecular complexity index is 632. The number of hydrogen-bond donors (Lipinski definition) is 1. The van der Waals surface area contributed by atoms with E-state index in [1.807, 2.05) is 0 Å². The van der Waals surface area contributed by atoms with E-state index in [0.717, 1.165) is 0 Å². The van der Waals surface area contributed by atoms with E-state index >= 15 is 0 Å². The van der Waals surface area contributed by atoms with Gasteiger partial charge in [-0.25, -0.2) is 0 Å². The van der Waals surface area contributed by atoms with Gasteiger partial charge in [0.05, 0.1) is 0 Å². The Morgan fingerprint density at radius 1 is 0.600 bits per heavy atom. The summed E-state index contributed by atoms with van der Waals surface area (Å²) in [6, 6.07) is 19.4. The topological polar surface area (TPSA) is 12.0 Å². The predicted octanol–water partition coefficient (Wildman–Crippen LogP) is 6.45. The molecule has 1 aliphatic rings. The fourth-order valence-corrected chi connectivity index (χ4v) is 3.70. The Balaban J connectivity index is 1.69. The van der Waals surface area contributed by atoms with Crippen molar-refractivity contribution in [2.75, 3.05) is 0 Å². The van der Waals surface area contributed by atoms with Crippen molar-refractivity contribution in [1.29, 1.82) is 0 Å². The van der Waals surface area contributed by atoms with Gasteiger partial charge in [-0.05, 0) is 45.9 Å². The van der Waals surface area contributed by atoms with Gasteiger partial charge < -0.3 is 5.32 Å². The summed E-state index contributed by atoms with van der Waals surface area (Å²) in [6.07, 6.45) is 2.42. The predicted molar refractivity (Wildman–Crippen MR) is 108 cm³/mol. The first-order valence-corrected chi connectivity index (χ1v) is 9.61. The second-order valence-corrected chi connectivity index (χ2v) is 9.59. The Hall–Kier alpha value is -1.60. The molecule has 2 aromatic carbocycles. The molecule has 0 bridgehead atoms. The van der Waals surface area contributed by atoms with E-state index in [1.165, 1.54) is 35.1 Å². The molecule has 1 nitrogen and oxygen atoms in total. The lowest BCUT2D eigenvalue weighted by atomic mass is 9.86. The van der Waals surface area contributed by atoms with Crippen LogP contribution >= 0.6 is 0 Å². The van der Waals surface area contributed by atoms with Crippen molar-refractivity contribution in [3.8, 4) is 0 Å². The molecule has 2 aromatic rings. The molecule has 0 amide bonds. The molecule has 0 unspecified atom stereocenters. The average Bonchev–Trinajstić information content (AvgIpc) is 3.03. The molecule has 134 valence electrons. The highest BCUT2D eigenvalue weighted by atomic mass is 15.0. The quantitative estimate of drug-likeness (QED) is 0.665. The number of hydrogen-bond acceptors (Lipinski definition) is 1. The fraction of sp³-hybridized carbons (Fsp3) is 0.500. The zero-order valence-electron chi connectivity index (χ0n) is 16.7. The van der Waals surface area contributed by atoms with Gasteiger partial charge in [-0.15, -0.1) is 0 Å². The van der Waals surface area contributed by atoms with Crippen LogP contribution < -0.4 is 5.32 Å². The molecular formula is C24H33N. The maximum absolute atomic E-state index is 3.84. The summed E-state index contributed by atoms with van der Waals surface area (Å²) in [5, 5.41) is 3.84. The Labute approximate surface area is 153 Å². The molecule has 25 heavy (non-hydrogen) atoms. The Kier molecular flexibility index (Phi) is 4.81. The van der Waals surface area contributed by atoms with Crippen LogP contribution in [0, 0.1) is 0 Å². The minimum atomic E-state index is 0.221. The molecule has 0 spiro atoms. The number of rotatable bonds is 2. The molecular weight excluding hydrogens is 302 g/mol. The monoisotopic (exact) mass is 335 g/mol. The number of nitrogens with one attached hydrogen (secondary N) is 1. The third kappa shape index (κ3) is 4.15. The lowest BCUT2D eigenvalue weighted by molar-refractivity contribution is 0.567. The second kappa shape index (κ2) is 6.61. The van der Waals surface area contributed by atoms with Crippen LogP contribution in [0.1, 0.15) is 88.7 Å². The Morgan fingerprint density at radius 2 is 0.920 bits per heavy atom. The van der Waals surface area contributed by atoms with E-state index in [1.54, 1.807) is 0 Å². The molecule has 1 N–H and O–H groups in total. The van der Waals surface area contributed by atoms with Crippen molar-refractivity contribution in [1.82, 2.24) is 5.32 Å². The summed E-state index contributed by atoms with van der Waals surface area (Å²) < 4.78 is 0. The molecule has 2 atom stereocenters. The van der Waals surface area contributed by atoms with E-state index in [4.69, 9.17) is 0 Å². The van der Waals surface area contributed by atoms with Gasteiger partial charge in [-0.3, -0.25) is 0 Å². The third-order valence-electron chi connectivity index (χ3n) is 5.50. The molecule has 1 fully saturated rings. The van der Waals surface area contributed by atoms with Crippen LogP contribution in [0.5, 0.6) is 0 Å². The van der Waals surface area contributed by atoms with Gasteiger partial charge in [0.2, 0.25) is 0 Å². The average molecular weight is 336 g/mol. The molecule has 0 aliphatic carbocycles. The maximum atomic E-state index is 3.84. The summed E-state index contributed by atoms with van der Waals surface area (Å²) in [5.41, 5.74) is 6.09. The molecule has 1 aliphatic heterocycles. The van der Waals surface area contributed by atoms with Gasteiger partial charge in [-0.1, -0.05) is 90.1 Å². The highest BCUT2D eigenvalue weighted by molar-refractivity contribution is 5.32. The van der Waals surface area contributed by atoms with Gasteiger partial charge in [0.1, 0.15) is 0 Å². The minimum Gasteiger partial charge on any atom is -0.303 e. The zero-order valence-corrected chi connectivity index (χ0v) is 16.7. The first-order valence-electron chi connectivity index (χ1n) is 9.61. The van der Waals surface area contributed by atoms with E-state index in [2.05, 4.69) is 95.4 Å². The van der Waals surface area contributed by atoms with E-state index in [9.17, 15) is 0 Å². The van der Waals surface area contributed by atoms with Crippen molar-refractivity contribution in [2.24, 2.45) is 0 Å². The van der Waals surface area contributed by atoms with Crippen molar-refractivity contribution < 1.29 is 0 Å². The van der Waals surface area contributed by atoms with Gasteiger partial charge in [-0.2, -0.15) is 0 Å². The van der Waals surface area contributed by atoms with Crippen LogP contribution in [-0.2, 0) is 10.8 Å². The molecule has 1 heterocycles. The summed E-state index contributed by atoms with van der Waals surface area (Å²) >= 11 is 0. The molecule has 0 saturated carbocycles. The van der Waals surface area contributed by atoms with Crippen molar-refractivity contribution in [2.45, 2.75) is 77.3 Å². The third-order valence-corrected chi connectivity index (χ3v) is 5.50. The van der Waals surface area contributed by atoms with Gasteiger partial charge in [0, 0.05) is 12.1 Å². The smallest absolute Gasteiger partial charge is 0.0326 e. The van der Waals surface area contributed by atoms with Crippen molar-refractivity contribution in [3.05, 3.63) is 70.8 Å². The molecule has 0 aromatic heterocycles. The van der Waals surface area contributed by atoms with Gasteiger partial charge in [0.15, 0.2) is 0 Å². The summed E-state index contributed by atoms with van der Waals surface area (Å²) in [4.78, 5) is 0. The lowest BCUT2D eigenvalue weighted by Gasteiger charge is -2.21. The summed E-state index contributed by atoms with van der Waals surface area (Å²) in [6.45, 7) is 13.6. The van der Waals surface area contributed by atoms with Crippen LogP contribution in [0.2, 0.25) is 0 Å². The Morgan fingerprint density at radius 3 is 1.20 bits per heavy atom. The fourth-order valence-electron chi connectivity index (χ4n) is 3.70. The zero-order chi connectivity index (χ0) is 18.2. The lowest BCUT2D eigenvalue weighted by Crippen LogP contribution is -2.18. The van der Waals surface area contributed by atoms with Crippen molar-refractivity contribution >= 4 is 0 Å².